The van der Waals surface area contributed by atoms with Gasteiger partial charge in [-0.1, -0.05) is 60.7 Å². The van der Waals surface area contributed by atoms with Gasteiger partial charge in [-0.2, -0.15) is 0 Å². The third kappa shape index (κ3) is 4.66. The summed E-state index contributed by atoms with van der Waals surface area (Å²) in [5.41, 5.74) is 4.86. The van der Waals surface area contributed by atoms with Crippen LogP contribution in [0.2, 0.25) is 0 Å². The molecule has 0 saturated heterocycles. The predicted molar refractivity (Wildman–Crippen MR) is 121 cm³/mol. The van der Waals surface area contributed by atoms with Crippen LogP contribution >= 0.6 is 0 Å². The maximum Gasteiger partial charge on any atom is 0.224 e. The number of nitrogens with one attached hydrogen (secondary N) is 1. The fourth-order valence-electron chi connectivity index (χ4n) is 3.54. The number of carbonyl (C=O) groups excluding carboxylic acids is 1. The number of pyridine rings is 1. The molecular weight excluding hydrogens is 372 g/mol. The Labute approximate surface area is 176 Å². The zero-order valence-corrected chi connectivity index (χ0v) is 17.0. The molecule has 4 nitrogen and oxygen atoms in total. The second kappa shape index (κ2) is 9.23. The van der Waals surface area contributed by atoms with Gasteiger partial charge in [0.05, 0.1) is 24.7 Å². The second-order valence-corrected chi connectivity index (χ2v) is 7.18. The van der Waals surface area contributed by atoms with Crippen LogP contribution in [-0.2, 0) is 17.6 Å². The molecule has 0 radical (unpaired) electrons. The highest BCUT2D eigenvalue weighted by Gasteiger charge is 2.12. The average molecular weight is 396 g/mol. The summed E-state index contributed by atoms with van der Waals surface area (Å²) < 4.78 is 5.36. The molecule has 0 spiro atoms. The molecule has 4 aromatic rings. The van der Waals surface area contributed by atoms with Crippen molar-refractivity contribution in [3.8, 4) is 17.0 Å². The molecule has 0 aliphatic carbocycles. The number of rotatable bonds is 7. The predicted octanol–water partition coefficient (Wildman–Crippen LogP) is 4.81. The molecule has 4 rings (SSSR count). The van der Waals surface area contributed by atoms with Gasteiger partial charge in [-0.05, 0) is 35.7 Å². The largest absolute Gasteiger partial charge is 0.497 e. The third-order valence-electron chi connectivity index (χ3n) is 5.10. The molecule has 30 heavy (non-hydrogen) atoms. The smallest absolute Gasteiger partial charge is 0.224 e. The van der Waals surface area contributed by atoms with Crippen LogP contribution in [0.15, 0.2) is 84.9 Å². The van der Waals surface area contributed by atoms with Gasteiger partial charge in [0.15, 0.2) is 0 Å². The Bertz CT molecular complexity index is 1140. The number of nitrogens with zero attached hydrogens (tertiary/aromatic N) is 1. The first-order valence-electron chi connectivity index (χ1n) is 10.1. The Morgan fingerprint density at radius 1 is 0.933 bits per heavy atom. The van der Waals surface area contributed by atoms with Crippen LogP contribution in [-0.4, -0.2) is 24.5 Å². The summed E-state index contributed by atoms with van der Waals surface area (Å²) in [6.45, 7) is 0.616. The van der Waals surface area contributed by atoms with E-state index in [1.807, 2.05) is 72.8 Å². The van der Waals surface area contributed by atoms with Crippen LogP contribution in [0, 0.1) is 0 Å². The summed E-state index contributed by atoms with van der Waals surface area (Å²) in [6, 6.07) is 28.0. The fourth-order valence-corrected chi connectivity index (χ4v) is 3.54. The zero-order valence-electron chi connectivity index (χ0n) is 17.0. The van der Waals surface area contributed by atoms with Crippen LogP contribution in [0.1, 0.15) is 11.1 Å². The minimum atomic E-state index is 0.00765. The van der Waals surface area contributed by atoms with Gasteiger partial charge in [0.2, 0.25) is 5.91 Å². The molecule has 150 valence electrons. The number of benzene rings is 3. The van der Waals surface area contributed by atoms with E-state index in [0.717, 1.165) is 39.9 Å². The van der Waals surface area contributed by atoms with Crippen molar-refractivity contribution < 1.29 is 9.53 Å². The number of carbonyl (C=O) groups is 1. The quantitative estimate of drug-likeness (QED) is 0.488. The molecule has 1 N–H and O–H groups in total. The molecule has 0 unspecified atom stereocenters. The van der Waals surface area contributed by atoms with E-state index in [9.17, 15) is 4.79 Å². The van der Waals surface area contributed by atoms with Crippen molar-refractivity contribution in [3.63, 3.8) is 0 Å². The molecule has 1 amide bonds. The normalized spacial score (nSPS) is 10.7. The first kappa shape index (κ1) is 19.6. The van der Waals surface area contributed by atoms with E-state index in [2.05, 4.69) is 17.4 Å². The monoisotopic (exact) mass is 396 g/mol. The molecule has 0 saturated carbocycles. The number of hydrogen-bond acceptors (Lipinski definition) is 3. The molecule has 3 aromatic carbocycles. The highest BCUT2D eigenvalue weighted by Crippen LogP contribution is 2.27. The second-order valence-electron chi connectivity index (χ2n) is 7.18. The SMILES string of the molecule is COc1ccc2c(CC(=O)NCCc3ccccc3)cc(-c3ccccc3)nc2c1. The van der Waals surface area contributed by atoms with Gasteiger partial charge in [-0.15, -0.1) is 0 Å². The van der Waals surface area contributed by atoms with Gasteiger partial charge in [-0.3, -0.25) is 4.79 Å². The highest BCUT2D eigenvalue weighted by atomic mass is 16.5. The molecule has 0 fully saturated rings. The molecule has 1 heterocycles. The third-order valence-corrected chi connectivity index (χ3v) is 5.10. The van der Waals surface area contributed by atoms with Gasteiger partial charge >= 0.3 is 0 Å². The lowest BCUT2D eigenvalue weighted by Crippen LogP contribution is -2.27. The number of ether oxygens (including phenoxy) is 1. The summed E-state index contributed by atoms with van der Waals surface area (Å²) in [5, 5.41) is 4.01. The fraction of sp³-hybridized carbons (Fsp3) is 0.154. The first-order valence-corrected chi connectivity index (χ1v) is 10.1. The van der Waals surface area contributed by atoms with Gasteiger partial charge in [0, 0.05) is 23.6 Å². The maximum absolute atomic E-state index is 12.7. The van der Waals surface area contributed by atoms with E-state index >= 15 is 0 Å². The number of aromatic nitrogens is 1. The van der Waals surface area contributed by atoms with Crippen molar-refractivity contribution >= 4 is 16.8 Å². The van der Waals surface area contributed by atoms with Crippen molar-refractivity contribution in [1.29, 1.82) is 0 Å². The maximum atomic E-state index is 12.7. The van der Waals surface area contributed by atoms with Crippen LogP contribution in [0.4, 0.5) is 0 Å². The van der Waals surface area contributed by atoms with Crippen molar-refractivity contribution in [2.24, 2.45) is 0 Å². The minimum absolute atomic E-state index is 0.00765. The van der Waals surface area contributed by atoms with Crippen molar-refractivity contribution in [2.45, 2.75) is 12.8 Å². The summed E-state index contributed by atoms with van der Waals surface area (Å²) in [4.78, 5) is 17.5. The van der Waals surface area contributed by atoms with Crippen LogP contribution in [0.25, 0.3) is 22.2 Å². The number of hydrogen-bond donors (Lipinski definition) is 1. The van der Waals surface area contributed by atoms with Gasteiger partial charge in [-0.25, -0.2) is 4.98 Å². The lowest BCUT2D eigenvalue weighted by Gasteiger charge is -2.12. The van der Waals surface area contributed by atoms with E-state index in [-0.39, 0.29) is 5.91 Å². The molecule has 1 aromatic heterocycles. The number of methoxy groups -OCH3 is 1. The Morgan fingerprint density at radius 2 is 1.67 bits per heavy atom. The van der Waals surface area contributed by atoms with Crippen molar-refractivity contribution in [3.05, 3.63) is 96.1 Å². The van der Waals surface area contributed by atoms with E-state index in [1.165, 1.54) is 5.56 Å². The van der Waals surface area contributed by atoms with E-state index in [0.29, 0.717) is 13.0 Å². The van der Waals surface area contributed by atoms with E-state index < -0.39 is 0 Å². The standard InChI is InChI=1S/C26H24N2O2/c1-30-22-12-13-23-21(17-26(29)27-15-14-19-8-4-2-5-9-19)16-24(28-25(23)18-22)20-10-6-3-7-11-20/h2-13,16,18H,14-15,17H2,1H3,(H,27,29). The molecule has 0 aliphatic rings. The first-order chi connectivity index (χ1) is 14.7. The molecule has 0 aliphatic heterocycles. The Morgan fingerprint density at radius 3 is 2.40 bits per heavy atom. The summed E-state index contributed by atoms with van der Waals surface area (Å²) in [5.74, 6) is 0.756. The lowest BCUT2D eigenvalue weighted by atomic mass is 10.0. The Hall–Kier alpha value is -3.66. The van der Waals surface area contributed by atoms with Crippen molar-refractivity contribution in [2.75, 3.05) is 13.7 Å². The van der Waals surface area contributed by atoms with Gasteiger partial charge in [0.1, 0.15) is 5.75 Å². The molecule has 0 bridgehead atoms. The van der Waals surface area contributed by atoms with Crippen LogP contribution in [0.3, 0.4) is 0 Å². The molecular formula is C26H24N2O2. The van der Waals surface area contributed by atoms with Gasteiger partial charge < -0.3 is 10.1 Å². The van der Waals surface area contributed by atoms with Gasteiger partial charge in [0.25, 0.3) is 0 Å². The average Bonchev–Trinajstić information content (AvgIpc) is 2.80. The highest BCUT2D eigenvalue weighted by molar-refractivity contribution is 5.90. The number of fused-ring (bicyclic) bond motifs is 1. The summed E-state index contributed by atoms with van der Waals surface area (Å²) in [6.07, 6.45) is 1.12. The molecule has 4 heteroatoms. The Kier molecular flexibility index (Phi) is 6.04. The molecule has 0 atom stereocenters. The topological polar surface area (TPSA) is 51.2 Å². The Balaban J connectivity index is 1.57. The zero-order chi connectivity index (χ0) is 20.8. The summed E-state index contributed by atoms with van der Waals surface area (Å²) in [7, 11) is 1.64. The van der Waals surface area contributed by atoms with Crippen molar-refractivity contribution in [1.82, 2.24) is 10.3 Å². The lowest BCUT2D eigenvalue weighted by molar-refractivity contribution is -0.120. The van der Waals surface area contributed by atoms with E-state index in [1.54, 1.807) is 7.11 Å². The minimum Gasteiger partial charge on any atom is -0.497 e. The summed E-state index contributed by atoms with van der Waals surface area (Å²) >= 11 is 0. The number of amides is 1. The van der Waals surface area contributed by atoms with Crippen LogP contribution < -0.4 is 10.1 Å². The van der Waals surface area contributed by atoms with E-state index in [4.69, 9.17) is 9.72 Å². The van der Waals surface area contributed by atoms with Crippen LogP contribution in [0.5, 0.6) is 5.75 Å².